The van der Waals surface area contributed by atoms with Crippen LogP contribution >= 0.6 is 0 Å². The first-order valence-electron chi connectivity index (χ1n) is 7.85. The highest BCUT2D eigenvalue weighted by Gasteiger charge is 2.12. The van der Waals surface area contributed by atoms with Crippen LogP contribution in [0.15, 0.2) is 54.6 Å². The van der Waals surface area contributed by atoms with Gasteiger partial charge in [0.15, 0.2) is 0 Å². The molecule has 0 saturated heterocycles. The highest BCUT2D eigenvalue weighted by molar-refractivity contribution is 5.60. The highest BCUT2D eigenvalue weighted by Crippen LogP contribution is 2.24. The van der Waals surface area contributed by atoms with Gasteiger partial charge in [-0.2, -0.15) is 0 Å². The average molecular weight is 340 g/mol. The smallest absolute Gasteiger partial charge is 0.149 e. The number of nitrogens with one attached hydrogen (secondary N) is 1. The number of anilines is 3. The molecule has 128 valence electrons. The summed E-state index contributed by atoms with van der Waals surface area (Å²) in [4.78, 5) is 10.6. The number of benzene rings is 2. The van der Waals surface area contributed by atoms with E-state index < -0.39 is 11.6 Å². The van der Waals surface area contributed by atoms with Crippen molar-refractivity contribution in [1.29, 1.82) is 0 Å². The third-order valence-electron chi connectivity index (χ3n) is 3.69. The lowest BCUT2D eigenvalue weighted by Gasteiger charge is -2.19. The largest absolute Gasteiger partial charge is 0.355 e. The van der Waals surface area contributed by atoms with E-state index in [0.717, 1.165) is 5.56 Å². The second kappa shape index (κ2) is 7.25. The number of hydrogen-bond donors (Lipinski definition) is 1. The Kier molecular flexibility index (Phi) is 4.88. The van der Waals surface area contributed by atoms with E-state index in [9.17, 15) is 8.78 Å². The number of halogens is 2. The van der Waals surface area contributed by atoms with Crippen molar-refractivity contribution in [3.63, 3.8) is 0 Å². The topological polar surface area (TPSA) is 41.1 Å². The summed E-state index contributed by atoms with van der Waals surface area (Å²) in [5, 5.41) is 2.71. The third-order valence-corrected chi connectivity index (χ3v) is 3.69. The summed E-state index contributed by atoms with van der Waals surface area (Å²) in [6.07, 6.45) is 0. The fourth-order valence-electron chi connectivity index (χ4n) is 2.50. The lowest BCUT2D eigenvalue weighted by atomic mass is 10.2. The van der Waals surface area contributed by atoms with Crippen LogP contribution in [0.3, 0.4) is 0 Å². The van der Waals surface area contributed by atoms with Crippen LogP contribution in [0.4, 0.5) is 26.1 Å². The minimum atomic E-state index is -0.671. The summed E-state index contributed by atoms with van der Waals surface area (Å²) >= 11 is 0. The van der Waals surface area contributed by atoms with Gasteiger partial charge >= 0.3 is 0 Å². The molecule has 25 heavy (non-hydrogen) atoms. The Bertz CT molecular complexity index is 848. The van der Waals surface area contributed by atoms with Gasteiger partial charge in [-0.25, -0.2) is 18.7 Å². The molecule has 0 atom stereocenters. The summed E-state index contributed by atoms with van der Waals surface area (Å²) in [7, 11) is 1.90. The summed E-state index contributed by atoms with van der Waals surface area (Å²) in [5.74, 6) is 0.171. The first-order chi connectivity index (χ1) is 12.0. The number of rotatable bonds is 5. The molecule has 1 heterocycles. The molecule has 1 aromatic heterocycles. The maximum absolute atomic E-state index is 13.8. The maximum Gasteiger partial charge on any atom is 0.149 e. The Balaban J connectivity index is 1.85. The molecule has 3 rings (SSSR count). The molecule has 0 aliphatic heterocycles. The summed E-state index contributed by atoms with van der Waals surface area (Å²) in [6.45, 7) is 2.40. The van der Waals surface area contributed by atoms with Gasteiger partial charge in [-0.15, -0.1) is 0 Å². The van der Waals surface area contributed by atoms with Crippen molar-refractivity contribution in [2.75, 3.05) is 17.3 Å². The van der Waals surface area contributed by atoms with Crippen molar-refractivity contribution >= 4 is 17.3 Å². The monoisotopic (exact) mass is 340 g/mol. The molecule has 3 aromatic rings. The van der Waals surface area contributed by atoms with E-state index in [-0.39, 0.29) is 5.69 Å². The van der Waals surface area contributed by atoms with E-state index in [1.54, 1.807) is 13.0 Å². The van der Waals surface area contributed by atoms with Crippen LogP contribution < -0.4 is 10.2 Å². The molecular weight excluding hydrogens is 322 g/mol. The minimum Gasteiger partial charge on any atom is -0.355 e. The molecule has 0 radical (unpaired) electrons. The van der Waals surface area contributed by atoms with E-state index in [1.165, 1.54) is 18.2 Å². The number of aromatic nitrogens is 2. The van der Waals surface area contributed by atoms with Gasteiger partial charge in [-0.1, -0.05) is 36.4 Å². The van der Waals surface area contributed by atoms with Crippen molar-refractivity contribution in [3.05, 3.63) is 77.6 Å². The van der Waals surface area contributed by atoms with Crippen molar-refractivity contribution in [2.24, 2.45) is 0 Å². The van der Waals surface area contributed by atoms with E-state index in [0.29, 0.717) is 24.0 Å². The Hall–Kier alpha value is -3.02. The molecular formula is C19H18F2N4. The van der Waals surface area contributed by atoms with E-state index in [4.69, 9.17) is 0 Å². The molecule has 6 heteroatoms. The molecule has 0 spiro atoms. The fourth-order valence-corrected chi connectivity index (χ4v) is 2.50. The molecule has 0 bridgehead atoms. The van der Waals surface area contributed by atoms with E-state index >= 15 is 0 Å². The molecule has 1 N–H and O–H groups in total. The molecule has 0 unspecified atom stereocenters. The summed E-state index contributed by atoms with van der Waals surface area (Å²) in [6, 6.07) is 15.3. The third kappa shape index (κ3) is 4.09. The zero-order valence-corrected chi connectivity index (χ0v) is 14.0. The van der Waals surface area contributed by atoms with Crippen molar-refractivity contribution in [3.8, 4) is 0 Å². The zero-order chi connectivity index (χ0) is 17.8. The Labute approximate surface area is 145 Å². The van der Waals surface area contributed by atoms with E-state index in [2.05, 4.69) is 15.3 Å². The lowest BCUT2D eigenvalue weighted by Crippen LogP contribution is -2.18. The van der Waals surface area contributed by atoms with Gasteiger partial charge in [-0.05, 0) is 24.6 Å². The standard InChI is InChI=1S/C19H18F2N4/c1-13-22-17(24-19-15(20)9-6-10-16(19)21)11-18(23-13)25(2)12-14-7-4-3-5-8-14/h3-11H,12H2,1-2H3,(H,22,23,24). The highest BCUT2D eigenvalue weighted by atomic mass is 19.1. The quantitative estimate of drug-likeness (QED) is 0.745. The van der Waals surface area contributed by atoms with Gasteiger partial charge in [0.25, 0.3) is 0 Å². The predicted molar refractivity (Wildman–Crippen MR) is 95.0 cm³/mol. The second-order valence-corrected chi connectivity index (χ2v) is 5.72. The van der Waals surface area contributed by atoms with Crippen LogP contribution in [0.5, 0.6) is 0 Å². The van der Waals surface area contributed by atoms with Gasteiger partial charge in [0.05, 0.1) is 0 Å². The van der Waals surface area contributed by atoms with Crippen LogP contribution in [0.2, 0.25) is 0 Å². The number of para-hydroxylation sites is 1. The molecule has 0 aliphatic rings. The average Bonchev–Trinajstić information content (AvgIpc) is 2.59. The molecule has 0 amide bonds. The lowest BCUT2D eigenvalue weighted by molar-refractivity contribution is 0.590. The van der Waals surface area contributed by atoms with Crippen LogP contribution in [0.25, 0.3) is 0 Å². The van der Waals surface area contributed by atoms with Crippen molar-refractivity contribution in [1.82, 2.24) is 9.97 Å². The van der Waals surface area contributed by atoms with Gasteiger partial charge in [0.2, 0.25) is 0 Å². The number of aryl methyl sites for hydroxylation is 1. The SMILES string of the molecule is Cc1nc(Nc2c(F)cccc2F)cc(N(C)Cc2ccccc2)n1. The fraction of sp³-hybridized carbons (Fsp3) is 0.158. The summed E-state index contributed by atoms with van der Waals surface area (Å²) < 4.78 is 27.7. The zero-order valence-electron chi connectivity index (χ0n) is 14.0. The Morgan fingerprint density at radius 3 is 2.32 bits per heavy atom. The summed E-state index contributed by atoms with van der Waals surface area (Å²) in [5.41, 5.74) is 0.910. The number of hydrogen-bond acceptors (Lipinski definition) is 4. The van der Waals surface area contributed by atoms with Gasteiger partial charge in [-0.3, -0.25) is 0 Å². The molecule has 4 nitrogen and oxygen atoms in total. The van der Waals surface area contributed by atoms with Crippen LogP contribution in [0.1, 0.15) is 11.4 Å². The minimum absolute atomic E-state index is 0.225. The number of nitrogens with zero attached hydrogens (tertiary/aromatic N) is 3. The van der Waals surface area contributed by atoms with Crippen LogP contribution in [0, 0.1) is 18.6 Å². The molecule has 0 aliphatic carbocycles. The predicted octanol–water partition coefficient (Wildman–Crippen LogP) is 4.44. The van der Waals surface area contributed by atoms with Gasteiger partial charge in [0, 0.05) is 19.7 Å². The second-order valence-electron chi connectivity index (χ2n) is 5.72. The first kappa shape index (κ1) is 16.8. The van der Waals surface area contributed by atoms with E-state index in [1.807, 2.05) is 42.3 Å². The maximum atomic E-state index is 13.8. The van der Waals surface area contributed by atoms with Gasteiger partial charge in [0.1, 0.15) is 34.8 Å². The van der Waals surface area contributed by atoms with Crippen molar-refractivity contribution in [2.45, 2.75) is 13.5 Å². The van der Waals surface area contributed by atoms with Crippen LogP contribution in [-0.2, 0) is 6.54 Å². The van der Waals surface area contributed by atoms with Gasteiger partial charge < -0.3 is 10.2 Å². The van der Waals surface area contributed by atoms with Crippen molar-refractivity contribution < 1.29 is 8.78 Å². The molecule has 0 fully saturated rings. The molecule has 2 aromatic carbocycles. The molecule has 0 saturated carbocycles. The Morgan fingerprint density at radius 1 is 0.960 bits per heavy atom. The van der Waals surface area contributed by atoms with Crippen LogP contribution in [-0.4, -0.2) is 17.0 Å². The Morgan fingerprint density at radius 2 is 1.64 bits per heavy atom. The normalized spacial score (nSPS) is 10.6. The first-order valence-corrected chi connectivity index (χ1v) is 7.85.